The quantitative estimate of drug-likeness (QED) is 0.773. The summed E-state index contributed by atoms with van der Waals surface area (Å²) in [6.45, 7) is 2.80. The van der Waals surface area contributed by atoms with Crippen molar-refractivity contribution in [2.75, 3.05) is 5.32 Å². The lowest BCUT2D eigenvalue weighted by Gasteiger charge is -2.10. The molecule has 0 spiro atoms. The summed E-state index contributed by atoms with van der Waals surface area (Å²) in [6, 6.07) is 14.5. The molecule has 0 aliphatic carbocycles. The Hall–Kier alpha value is -0.740. The van der Waals surface area contributed by atoms with Crippen molar-refractivity contribution in [3.8, 4) is 0 Å². The molecule has 2 aromatic rings. The zero-order chi connectivity index (χ0) is 12.3. The van der Waals surface area contributed by atoms with E-state index in [0.717, 1.165) is 22.8 Å². The van der Waals surface area contributed by atoms with Gasteiger partial charge in [-0.15, -0.1) is 0 Å². The van der Waals surface area contributed by atoms with E-state index in [2.05, 4.69) is 52.2 Å². The highest BCUT2D eigenvalue weighted by molar-refractivity contribution is 14.1. The highest BCUT2D eigenvalue weighted by atomic mass is 127. The highest BCUT2D eigenvalue weighted by Crippen LogP contribution is 2.25. The predicted octanol–water partition coefficient (Wildman–Crippen LogP) is 4.87. The second kappa shape index (κ2) is 5.74. The monoisotopic (exact) mass is 357 g/mol. The van der Waals surface area contributed by atoms with Crippen molar-refractivity contribution in [3.05, 3.63) is 62.2 Å². The van der Waals surface area contributed by atoms with Gasteiger partial charge in [0.05, 0.1) is 10.7 Å². The molecule has 0 saturated carbocycles. The normalized spacial score (nSPS) is 10.3. The van der Waals surface area contributed by atoms with Crippen LogP contribution in [0.2, 0.25) is 5.02 Å². The number of benzene rings is 2. The molecule has 0 heterocycles. The first-order valence-corrected chi connectivity index (χ1v) is 6.86. The van der Waals surface area contributed by atoms with Gasteiger partial charge in [0.15, 0.2) is 0 Å². The molecular weight excluding hydrogens is 345 g/mol. The number of hydrogen-bond donors (Lipinski definition) is 1. The average molecular weight is 358 g/mol. The van der Waals surface area contributed by atoms with Crippen molar-refractivity contribution >= 4 is 39.9 Å². The van der Waals surface area contributed by atoms with E-state index in [0.29, 0.717) is 0 Å². The van der Waals surface area contributed by atoms with Gasteiger partial charge in [-0.25, -0.2) is 0 Å². The van der Waals surface area contributed by atoms with Crippen LogP contribution in [-0.4, -0.2) is 0 Å². The summed E-state index contributed by atoms with van der Waals surface area (Å²) in [4.78, 5) is 0. The van der Waals surface area contributed by atoms with Crippen LogP contribution in [-0.2, 0) is 6.54 Å². The molecule has 0 aliphatic rings. The van der Waals surface area contributed by atoms with Crippen LogP contribution >= 0.6 is 34.2 Å². The molecule has 0 bridgehead atoms. The Morgan fingerprint density at radius 3 is 2.53 bits per heavy atom. The summed E-state index contributed by atoms with van der Waals surface area (Å²) >= 11 is 8.53. The van der Waals surface area contributed by atoms with Gasteiger partial charge in [-0.05, 0) is 58.8 Å². The van der Waals surface area contributed by atoms with Crippen molar-refractivity contribution in [3.63, 3.8) is 0 Å². The lowest BCUT2D eigenvalue weighted by Crippen LogP contribution is -2.00. The predicted molar refractivity (Wildman–Crippen MR) is 82.7 cm³/mol. The first-order chi connectivity index (χ1) is 8.16. The Labute approximate surface area is 120 Å². The van der Waals surface area contributed by atoms with Crippen molar-refractivity contribution in [1.82, 2.24) is 0 Å². The van der Waals surface area contributed by atoms with E-state index in [1.807, 2.05) is 25.1 Å². The van der Waals surface area contributed by atoms with Gasteiger partial charge in [0.2, 0.25) is 0 Å². The third-order valence-electron chi connectivity index (χ3n) is 2.59. The van der Waals surface area contributed by atoms with Crippen LogP contribution in [0.1, 0.15) is 11.1 Å². The third kappa shape index (κ3) is 3.36. The maximum absolute atomic E-state index is 6.22. The summed E-state index contributed by atoms with van der Waals surface area (Å²) < 4.78 is 1.25. The van der Waals surface area contributed by atoms with Crippen molar-refractivity contribution in [1.29, 1.82) is 0 Å². The fourth-order valence-electron chi connectivity index (χ4n) is 1.58. The number of anilines is 1. The van der Waals surface area contributed by atoms with E-state index in [1.54, 1.807) is 0 Å². The van der Waals surface area contributed by atoms with Gasteiger partial charge in [0.1, 0.15) is 0 Å². The highest BCUT2D eigenvalue weighted by Gasteiger charge is 2.01. The molecule has 0 saturated heterocycles. The average Bonchev–Trinajstić information content (AvgIpc) is 2.33. The third-order valence-corrected chi connectivity index (χ3v) is 3.81. The van der Waals surface area contributed by atoms with Crippen LogP contribution in [0.15, 0.2) is 42.5 Å². The molecule has 0 radical (unpaired) electrons. The molecule has 0 fully saturated rings. The minimum Gasteiger partial charge on any atom is -0.380 e. The van der Waals surface area contributed by atoms with Crippen LogP contribution in [0.3, 0.4) is 0 Å². The topological polar surface area (TPSA) is 12.0 Å². The molecule has 17 heavy (non-hydrogen) atoms. The summed E-state index contributed by atoms with van der Waals surface area (Å²) in [5.74, 6) is 0. The number of rotatable bonds is 3. The van der Waals surface area contributed by atoms with E-state index < -0.39 is 0 Å². The largest absolute Gasteiger partial charge is 0.380 e. The van der Waals surface area contributed by atoms with Gasteiger partial charge < -0.3 is 5.32 Å². The summed E-state index contributed by atoms with van der Waals surface area (Å²) in [5.41, 5.74) is 3.34. The lowest BCUT2D eigenvalue weighted by molar-refractivity contribution is 1.15. The van der Waals surface area contributed by atoms with Gasteiger partial charge >= 0.3 is 0 Å². The molecule has 2 aromatic carbocycles. The number of halogens is 2. The van der Waals surface area contributed by atoms with Gasteiger partial charge in [-0.1, -0.05) is 35.9 Å². The zero-order valence-electron chi connectivity index (χ0n) is 9.50. The first kappa shape index (κ1) is 12.7. The van der Waals surface area contributed by atoms with Crippen LogP contribution in [0, 0.1) is 10.5 Å². The second-order valence-corrected chi connectivity index (χ2v) is 5.54. The van der Waals surface area contributed by atoms with Crippen molar-refractivity contribution in [2.45, 2.75) is 13.5 Å². The van der Waals surface area contributed by atoms with Crippen LogP contribution < -0.4 is 5.32 Å². The van der Waals surface area contributed by atoms with Crippen molar-refractivity contribution < 1.29 is 0 Å². The second-order valence-electron chi connectivity index (χ2n) is 3.92. The van der Waals surface area contributed by atoms with Crippen LogP contribution in [0.5, 0.6) is 0 Å². The van der Waals surface area contributed by atoms with Crippen LogP contribution in [0.25, 0.3) is 0 Å². The van der Waals surface area contributed by atoms with E-state index in [-0.39, 0.29) is 0 Å². The molecule has 2 rings (SSSR count). The number of nitrogens with one attached hydrogen (secondary N) is 1. The molecule has 0 amide bonds. The zero-order valence-corrected chi connectivity index (χ0v) is 12.4. The SMILES string of the molecule is Cc1cccc(NCc2ccc(I)cc2)c1Cl. The smallest absolute Gasteiger partial charge is 0.0666 e. The minimum absolute atomic E-state index is 0.792. The Kier molecular flexibility index (Phi) is 4.29. The van der Waals surface area contributed by atoms with E-state index in [9.17, 15) is 0 Å². The summed E-state index contributed by atoms with van der Waals surface area (Å²) in [5, 5.41) is 4.16. The fourth-order valence-corrected chi connectivity index (χ4v) is 2.14. The molecule has 1 N–H and O–H groups in total. The standard InChI is InChI=1S/C14H13ClIN/c1-10-3-2-4-13(14(10)15)17-9-11-5-7-12(16)8-6-11/h2-8,17H,9H2,1H3. The summed E-state index contributed by atoms with van der Waals surface area (Å²) in [7, 11) is 0. The van der Waals surface area contributed by atoms with Gasteiger partial charge in [-0.2, -0.15) is 0 Å². The molecule has 1 nitrogen and oxygen atoms in total. The Morgan fingerprint density at radius 1 is 1.12 bits per heavy atom. The van der Waals surface area contributed by atoms with E-state index in [1.165, 1.54) is 9.13 Å². The molecular formula is C14H13ClIN. The summed E-state index contributed by atoms with van der Waals surface area (Å²) in [6.07, 6.45) is 0. The maximum atomic E-state index is 6.22. The number of aryl methyl sites for hydroxylation is 1. The molecule has 0 unspecified atom stereocenters. The fraction of sp³-hybridized carbons (Fsp3) is 0.143. The molecule has 0 aliphatic heterocycles. The van der Waals surface area contributed by atoms with Gasteiger partial charge in [-0.3, -0.25) is 0 Å². The first-order valence-electron chi connectivity index (χ1n) is 5.40. The molecule has 88 valence electrons. The maximum Gasteiger partial charge on any atom is 0.0666 e. The Bertz CT molecular complexity index is 508. The van der Waals surface area contributed by atoms with Gasteiger partial charge in [0, 0.05) is 10.1 Å². The molecule has 0 aromatic heterocycles. The van der Waals surface area contributed by atoms with Crippen LogP contribution in [0.4, 0.5) is 5.69 Å². The van der Waals surface area contributed by atoms with Crippen molar-refractivity contribution in [2.24, 2.45) is 0 Å². The molecule has 0 atom stereocenters. The number of hydrogen-bond acceptors (Lipinski definition) is 1. The Morgan fingerprint density at radius 2 is 1.82 bits per heavy atom. The molecule has 3 heteroatoms. The Balaban J connectivity index is 2.07. The van der Waals surface area contributed by atoms with E-state index in [4.69, 9.17) is 11.6 Å². The van der Waals surface area contributed by atoms with E-state index >= 15 is 0 Å². The lowest BCUT2D eigenvalue weighted by atomic mass is 10.2. The van der Waals surface area contributed by atoms with Gasteiger partial charge in [0.25, 0.3) is 0 Å². The minimum atomic E-state index is 0.792.